The first-order valence-corrected chi connectivity index (χ1v) is 11.4. The molecule has 2 N–H and O–H groups in total. The highest BCUT2D eigenvalue weighted by Gasteiger charge is 2.23. The number of aromatic nitrogens is 4. The molecular weight excluding hydrogens is 450 g/mol. The Balaban J connectivity index is 0.00000324. The quantitative estimate of drug-likeness (QED) is 0.557. The monoisotopic (exact) mass is 483 g/mol. The van der Waals surface area contributed by atoms with Gasteiger partial charge in [-0.1, -0.05) is 23.4 Å². The summed E-state index contributed by atoms with van der Waals surface area (Å²) in [7, 11) is 2.02. The van der Waals surface area contributed by atoms with E-state index in [1.807, 2.05) is 40.2 Å². The molecule has 2 aromatic heterocycles. The van der Waals surface area contributed by atoms with Gasteiger partial charge in [-0.25, -0.2) is 4.68 Å². The highest BCUT2D eigenvalue weighted by molar-refractivity contribution is 5.91. The van der Waals surface area contributed by atoms with E-state index in [-0.39, 0.29) is 23.9 Å². The Hall–Kier alpha value is -2.97. The van der Waals surface area contributed by atoms with Crippen LogP contribution in [0.4, 0.5) is 5.69 Å². The van der Waals surface area contributed by atoms with Crippen LogP contribution in [-0.4, -0.2) is 52.1 Å². The van der Waals surface area contributed by atoms with E-state index < -0.39 is 0 Å². The average molecular weight is 484 g/mol. The molecule has 0 radical (unpaired) electrons. The lowest BCUT2D eigenvalue weighted by Gasteiger charge is -2.22. The molecule has 3 aromatic rings. The summed E-state index contributed by atoms with van der Waals surface area (Å²) < 4.78 is 1.70. The van der Waals surface area contributed by atoms with E-state index in [0.717, 1.165) is 41.9 Å². The summed E-state index contributed by atoms with van der Waals surface area (Å²) in [6, 6.07) is 8.98. The van der Waals surface area contributed by atoms with Crippen molar-refractivity contribution < 1.29 is 4.79 Å². The zero-order valence-electron chi connectivity index (χ0n) is 20.5. The van der Waals surface area contributed by atoms with Crippen molar-refractivity contribution in [1.29, 1.82) is 0 Å². The second kappa shape index (κ2) is 10.5. The number of rotatable bonds is 6. The number of amides is 1. The van der Waals surface area contributed by atoms with Crippen LogP contribution in [0.3, 0.4) is 0 Å². The third-order valence-corrected chi connectivity index (χ3v) is 6.24. The van der Waals surface area contributed by atoms with Crippen molar-refractivity contribution in [3.63, 3.8) is 0 Å². The van der Waals surface area contributed by atoms with Crippen LogP contribution < -0.4 is 15.5 Å². The molecular formula is C25H34ClN7O. The number of anilines is 1. The molecule has 34 heavy (non-hydrogen) atoms. The average Bonchev–Trinajstić information content (AvgIpc) is 3.48. The highest BCUT2D eigenvalue weighted by Crippen LogP contribution is 2.33. The van der Waals surface area contributed by atoms with Gasteiger partial charge in [0.25, 0.3) is 5.91 Å². The summed E-state index contributed by atoms with van der Waals surface area (Å²) >= 11 is 0. The van der Waals surface area contributed by atoms with E-state index >= 15 is 0 Å². The standard InChI is InChI=1S/C25H33N7O.ClH/c1-17-12-18(21-8-10-27-14-23(21)31-11-9-20(15-31)26-5)6-7-19(17)13-28-24(33)22-16-32(30-29-22)25(2,3)4;/h6-8,10,12,14,16,20,26H,9,11,13,15H2,1-5H3,(H,28,33);1H. The van der Waals surface area contributed by atoms with Crippen LogP contribution >= 0.6 is 12.4 Å². The molecule has 1 saturated heterocycles. The molecule has 1 aliphatic rings. The molecule has 1 amide bonds. The zero-order valence-corrected chi connectivity index (χ0v) is 21.3. The van der Waals surface area contributed by atoms with Crippen molar-refractivity contribution in [3.8, 4) is 11.1 Å². The maximum atomic E-state index is 12.6. The summed E-state index contributed by atoms with van der Waals surface area (Å²) in [6.07, 6.45) is 6.62. The fourth-order valence-electron chi connectivity index (χ4n) is 4.12. The van der Waals surface area contributed by atoms with Gasteiger partial charge in [0, 0.05) is 37.4 Å². The minimum atomic E-state index is -0.224. The van der Waals surface area contributed by atoms with Gasteiger partial charge in [0.15, 0.2) is 5.69 Å². The third-order valence-electron chi connectivity index (χ3n) is 6.24. The van der Waals surface area contributed by atoms with Gasteiger partial charge in [-0.15, -0.1) is 17.5 Å². The molecule has 1 fully saturated rings. The molecule has 0 spiro atoms. The van der Waals surface area contributed by atoms with Gasteiger partial charge in [0.05, 0.1) is 23.6 Å². The number of likely N-dealkylation sites (N-methyl/N-ethyl adjacent to an activating group) is 1. The lowest BCUT2D eigenvalue weighted by Crippen LogP contribution is -2.29. The number of nitrogens with zero attached hydrogens (tertiary/aromatic N) is 5. The molecule has 182 valence electrons. The fourth-order valence-corrected chi connectivity index (χ4v) is 4.12. The number of carbonyl (C=O) groups excluding carboxylic acids is 1. The van der Waals surface area contributed by atoms with E-state index in [1.165, 1.54) is 5.56 Å². The smallest absolute Gasteiger partial charge is 0.273 e. The predicted molar refractivity (Wildman–Crippen MR) is 138 cm³/mol. The van der Waals surface area contributed by atoms with Gasteiger partial charge >= 0.3 is 0 Å². The van der Waals surface area contributed by atoms with Gasteiger partial charge in [0.2, 0.25) is 0 Å². The van der Waals surface area contributed by atoms with E-state index in [1.54, 1.807) is 10.9 Å². The zero-order chi connectivity index (χ0) is 23.6. The predicted octanol–water partition coefficient (Wildman–Crippen LogP) is 3.55. The number of nitrogens with one attached hydrogen (secondary N) is 2. The van der Waals surface area contributed by atoms with Crippen LogP contribution in [0.15, 0.2) is 42.9 Å². The van der Waals surface area contributed by atoms with E-state index in [9.17, 15) is 4.79 Å². The second-order valence-corrected chi connectivity index (χ2v) is 9.66. The third kappa shape index (κ3) is 5.56. The molecule has 4 rings (SSSR count). The van der Waals surface area contributed by atoms with Crippen molar-refractivity contribution in [2.45, 2.75) is 52.2 Å². The van der Waals surface area contributed by atoms with Crippen LogP contribution in [0, 0.1) is 6.92 Å². The number of hydrogen-bond donors (Lipinski definition) is 2. The Morgan fingerprint density at radius 2 is 2.03 bits per heavy atom. The first-order valence-electron chi connectivity index (χ1n) is 11.4. The molecule has 3 heterocycles. The van der Waals surface area contributed by atoms with Crippen molar-refractivity contribution in [1.82, 2.24) is 30.6 Å². The van der Waals surface area contributed by atoms with Crippen LogP contribution in [0.1, 0.15) is 48.8 Å². The SMILES string of the molecule is CNC1CCN(c2cnccc2-c2ccc(CNC(=O)c3cn(C(C)(C)C)nn3)c(C)c2)C1.Cl. The van der Waals surface area contributed by atoms with Gasteiger partial charge in [-0.05, 0) is 63.9 Å². The summed E-state index contributed by atoms with van der Waals surface area (Å²) in [5.41, 5.74) is 5.81. The van der Waals surface area contributed by atoms with Gasteiger partial charge in [-0.2, -0.15) is 0 Å². The van der Waals surface area contributed by atoms with Crippen molar-refractivity contribution in [2.75, 3.05) is 25.0 Å². The first kappa shape index (κ1) is 25.6. The Morgan fingerprint density at radius 3 is 2.68 bits per heavy atom. The fraction of sp³-hybridized carbons (Fsp3) is 0.440. The second-order valence-electron chi connectivity index (χ2n) is 9.66. The van der Waals surface area contributed by atoms with E-state index in [0.29, 0.717) is 18.3 Å². The maximum absolute atomic E-state index is 12.6. The number of carbonyl (C=O) groups is 1. The summed E-state index contributed by atoms with van der Waals surface area (Å²) in [5, 5.41) is 14.4. The molecule has 1 atom stereocenters. The normalized spacial score (nSPS) is 15.8. The molecule has 1 unspecified atom stereocenters. The topological polar surface area (TPSA) is 88.0 Å². The molecule has 8 nitrogen and oxygen atoms in total. The number of benzene rings is 1. The number of aryl methyl sites for hydroxylation is 1. The van der Waals surface area contributed by atoms with Crippen LogP contribution in [0.25, 0.3) is 11.1 Å². The van der Waals surface area contributed by atoms with Gasteiger partial charge < -0.3 is 15.5 Å². The molecule has 1 aromatic carbocycles. The van der Waals surface area contributed by atoms with Gasteiger partial charge in [-0.3, -0.25) is 9.78 Å². The molecule has 9 heteroatoms. The van der Waals surface area contributed by atoms with Crippen molar-refractivity contribution >= 4 is 24.0 Å². The summed E-state index contributed by atoms with van der Waals surface area (Å²) in [6.45, 7) is 10.6. The van der Waals surface area contributed by atoms with Crippen molar-refractivity contribution in [2.24, 2.45) is 0 Å². The van der Waals surface area contributed by atoms with Crippen LogP contribution in [0.2, 0.25) is 0 Å². The lowest BCUT2D eigenvalue weighted by molar-refractivity contribution is 0.0945. The highest BCUT2D eigenvalue weighted by atomic mass is 35.5. The Bertz CT molecular complexity index is 1140. The minimum Gasteiger partial charge on any atom is -0.368 e. The van der Waals surface area contributed by atoms with E-state index in [2.05, 4.69) is 62.0 Å². The number of pyridine rings is 1. The molecule has 0 saturated carbocycles. The molecule has 0 aliphatic carbocycles. The van der Waals surface area contributed by atoms with Gasteiger partial charge in [0.1, 0.15) is 0 Å². The Labute approximate surface area is 207 Å². The lowest BCUT2D eigenvalue weighted by atomic mass is 9.99. The molecule has 0 bridgehead atoms. The Kier molecular flexibility index (Phi) is 7.94. The van der Waals surface area contributed by atoms with Crippen LogP contribution in [0.5, 0.6) is 0 Å². The minimum absolute atomic E-state index is 0. The summed E-state index contributed by atoms with van der Waals surface area (Å²) in [4.78, 5) is 19.3. The number of hydrogen-bond acceptors (Lipinski definition) is 6. The molecule has 1 aliphatic heterocycles. The summed E-state index contributed by atoms with van der Waals surface area (Å²) in [5.74, 6) is -0.224. The largest absolute Gasteiger partial charge is 0.368 e. The van der Waals surface area contributed by atoms with Crippen molar-refractivity contribution in [3.05, 3.63) is 59.7 Å². The number of halogens is 1. The Morgan fingerprint density at radius 1 is 1.24 bits per heavy atom. The first-order chi connectivity index (χ1) is 15.8. The van der Waals surface area contributed by atoms with E-state index in [4.69, 9.17) is 0 Å². The maximum Gasteiger partial charge on any atom is 0.273 e. The van der Waals surface area contributed by atoms with Crippen LogP contribution in [-0.2, 0) is 12.1 Å².